The molecular formula is C32H31N5O2. The summed E-state index contributed by atoms with van der Waals surface area (Å²) in [5.41, 5.74) is 7.11. The van der Waals surface area contributed by atoms with Crippen molar-refractivity contribution in [3.8, 4) is 17.3 Å². The monoisotopic (exact) mass is 517 g/mol. The summed E-state index contributed by atoms with van der Waals surface area (Å²) in [6.45, 7) is 4.93. The molecule has 2 aromatic heterocycles. The third-order valence-electron chi connectivity index (χ3n) is 7.34. The third kappa shape index (κ3) is 4.56. The van der Waals surface area contributed by atoms with Crippen LogP contribution in [0.4, 0.5) is 4.79 Å². The van der Waals surface area contributed by atoms with E-state index in [-0.39, 0.29) is 12.1 Å². The topological polar surface area (TPSA) is 64.3 Å². The van der Waals surface area contributed by atoms with Crippen LogP contribution in [0, 0.1) is 13.8 Å². The molecule has 0 saturated carbocycles. The minimum Gasteiger partial charge on any atom is -0.497 e. The summed E-state index contributed by atoms with van der Waals surface area (Å²) < 4.78 is 9.57. The first-order valence-corrected chi connectivity index (χ1v) is 13.1. The van der Waals surface area contributed by atoms with Crippen molar-refractivity contribution < 1.29 is 9.53 Å². The standard InChI is InChI=1S/C32H31N5O2/c1-22-11-13-24(14-12-22)20-33-32(38)36-21-28-23(2)34-37(26-8-5-4-6-9-26)31(28)35-19-7-10-29(35)30(36)25-15-17-27(39-3)18-16-25/h4-19,30H,20-21H2,1-3H3,(H,33,38)/t30-/m0/s1. The number of ether oxygens (including phenoxy) is 1. The summed E-state index contributed by atoms with van der Waals surface area (Å²) in [5.74, 6) is 1.73. The Balaban J connectivity index is 1.46. The summed E-state index contributed by atoms with van der Waals surface area (Å²) in [4.78, 5) is 15.9. The van der Waals surface area contributed by atoms with Gasteiger partial charge in [-0.25, -0.2) is 9.48 Å². The SMILES string of the molecule is COc1ccc([C@H]2c3cccn3-c3c(c(C)nn3-c3ccccc3)CN2C(=O)NCc2ccc(C)cc2)cc1. The highest BCUT2D eigenvalue weighted by molar-refractivity contribution is 5.76. The summed E-state index contributed by atoms with van der Waals surface area (Å²) in [7, 11) is 1.66. The highest BCUT2D eigenvalue weighted by Crippen LogP contribution is 2.38. The summed E-state index contributed by atoms with van der Waals surface area (Å²) in [6, 6.07) is 30.0. The Hall–Kier alpha value is -4.78. The molecule has 5 aromatic rings. The summed E-state index contributed by atoms with van der Waals surface area (Å²) in [6.07, 6.45) is 2.05. The highest BCUT2D eigenvalue weighted by Gasteiger charge is 2.35. The maximum atomic E-state index is 14.0. The van der Waals surface area contributed by atoms with Gasteiger partial charge in [-0.3, -0.25) is 0 Å². The number of urea groups is 1. The molecule has 196 valence electrons. The van der Waals surface area contributed by atoms with E-state index in [4.69, 9.17) is 9.84 Å². The Morgan fingerprint density at radius 3 is 2.41 bits per heavy atom. The molecule has 0 fully saturated rings. The molecule has 7 nitrogen and oxygen atoms in total. The maximum absolute atomic E-state index is 14.0. The van der Waals surface area contributed by atoms with E-state index >= 15 is 0 Å². The first kappa shape index (κ1) is 24.6. The molecule has 1 N–H and O–H groups in total. The van der Waals surface area contributed by atoms with E-state index < -0.39 is 0 Å². The van der Waals surface area contributed by atoms with Crippen molar-refractivity contribution in [2.45, 2.75) is 33.0 Å². The molecule has 2 amide bonds. The van der Waals surface area contributed by atoms with Gasteiger partial charge in [0.2, 0.25) is 0 Å². The number of carbonyl (C=O) groups is 1. The second-order valence-corrected chi connectivity index (χ2v) is 9.89. The predicted octanol–water partition coefficient (Wildman–Crippen LogP) is 6.10. The fourth-order valence-electron chi connectivity index (χ4n) is 5.27. The third-order valence-corrected chi connectivity index (χ3v) is 7.34. The molecule has 0 radical (unpaired) electrons. The quantitative estimate of drug-likeness (QED) is 0.306. The van der Waals surface area contributed by atoms with Gasteiger partial charge in [-0.2, -0.15) is 5.10 Å². The Kier molecular flexibility index (Phi) is 6.40. The average molecular weight is 518 g/mol. The largest absolute Gasteiger partial charge is 0.497 e. The summed E-state index contributed by atoms with van der Waals surface area (Å²) in [5, 5.41) is 8.10. The van der Waals surface area contributed by atoms with Gasteiger partial charge >= 0.3 is 6.03 Å². The lowest BCUT2D eigenvalue weighted by atomic mass is 10.0. The Morgan fingerprint density at radius 2 is 1.69 bits per heavy atom. The number of fused-ring (bicyclic) bond motifs is 3. The fourth-order valence-corrected chi connectivity index (χ4v) is 5.27. The molecule has 3 aromatic carbocycles. The van der Waals surface area contributed by atoms with Gasteiger partial charge < -0.3 is 19.5 Å². The molecule has 0 unspecified atom stereocenters. The van der Waals surface area contributed by atoms with Crippen LogP contribution in [-0.4, -0.2) is 32.4 Å². The van der Waals surface area contributed by atoms with Gasteiger partial charge in [0.15, 0.2) is 0 Å². The van der Waals surface area contributed by atoms with Crippen molar-refractivity contribution in [2.24, 2.45) is 0 Å². The van der Waals surface area contributed by atoms with Crippen LogP contribution in [0.25, 0.3) is 11.5 Å². The Labute approximate surface area is 228 Å². The average Bonchev–Trinajstić information content (AvgIpc) is 3.53. The van der Waals surface area contributed by atoms with E-state index in [2.05, 4.69) is 53.3 Å². The number of hydrogen-bond donors (Lipinski definition) is 1. The molecule has 1 aliphatic heterocycles. The van der Waals surface area contributed by atoms with Crippen molar-refractivity contribution in [3.05, 3.63) is 131 Å². The summed E-state index contributed by atoms with van der Waals surface area (Å²) >= 11 is 0. The molecule has 7 heteroatoms. The number of rotatable bonds is 5. The minimum absolute atomic E-state index is 0.135. The van der Waals surface area contributed by atoms with Crippen molar-refractivity contribution in [1.82, 2.24) is 24.6 Å². The number of aromatic nitrogens is 3. The van der Waals surface area contributed by atoms with Gasteiger partial charge in [-0.05, 0) is 61.4 Å². The van der Waals surface area contributed by atoms with E-state index in [9.17, 15) is 4.79 Å². The van der Waals surface area contributed by atoms with Crippen molar-refractivity contribution >= 4 is 6.03 Å². The molecule has 0 saturated heterocycles. The van der Waals surface area contributed by atoms with Crippen LogP contribution in [0.2, 0.25) is 0 Å². The van der Waals surface area contributed by atoms with Crippen LogP contribution in [-0.2, 0) is 13.1 Å². The lowest BCUT2D eigenvalue weighted by Crippen LogP contribution is -2.41. The highest BCUT2D eigenvalue weighted by atomic mass is 16.5. The molecule has 1 atom stereocenters. The van der Waals surface area contributed by atoms with Gasteiger partial charge in [-0.1, -0.05) is 60.2 Å². The number of carbonyl (C=O) groups excluding carboxylic acids is 1. The second kappa shape index (κ2) is 10.2. The lowest BCUT2D eigenvalue weighted by molar-refractivity contribution is 0.180. The number of amides is 2. The van der Waals surface area contributed by atoms with Gasteiger partial charge in [-0.15, -0.1) is 0 Å². The van der Waals surface area contributed by atoms with Gasteiger partial charge in [0, 0.05) is 18.3 Å². The molecule has 0 aliphatic carbocycles. The van der Waals surface area contributed by atoms with E-state index in [0.717, 1.165) is 45.3 Å². The van der Waals surface area contributed by atoms with Gasteiger partial charge in [0.1, 0.15) is 11.6 Å². The first-order valence-electron chi connectivity index (χ1n) is 13.1. The van der Waals surface area contributed by atoms with E-state index in [1.165, 1.54) is 5.56 Å². The molecule has 0 spiro atoms. The molecule has 1 aliphatic rings. The Bertz CT molecular complexity index is 1600. The molecule has 0 bridgehead atoms. The number of methoxy groups -OCH3 is 1. The van der Waals surface area contributed by atoms with Crippen molar-refractivity contribution in [2.75, 3.05) is 7.11 Å². The van der Waals surface area contributed by atoms with Crippen molar-refractivity contribution in [3.63, 3.8) is 0 Å². The van der Waals surface area contributed by atoms with Crippen LogP contribution in [0.1, 0.15) is 39.7 Å². The zero-order valence-corrected chi connectivity index (χ0v) is 22.3. The number of benzene rings is 3. The van der Waals surface area contributed by atoms with E-state index in [0.29, 0.717) is 13.1 Å². The smallest absolute Gasteiger partial charge is 0.318 e. The van der Waals surface area contributed by atoms with Gasteiger partial charge in [0.25, 0.3) is 0 Å². The normalized spacial score (nSPS) is 14.3. The predicted molar refractivity (Wildman–Crippen MR) is 151 cm³/mol. The number of aryl methyl sites for hydroxylation is 2. The van der Waals surface area contributed by atoms with Crippen LogP contribution in [0.5, 0.6) is 5.75 Å². The second-order valence-electron chi connectivity index (χ2n) is 9.89. The van der Waals surface area contributed by atoms with E-state index in [1.54, 1.807) is 7.11 Å². The molecular weight excluding hydrogens is 486 g/mol. The molecule has 3 heterocycles. The molecule has 6 rings (SSSR count). The van der Waals surface area contributed by atoms with Crippen LogP contribution in [0.15, 0.2) is 97.2 Å². The Morgan fingerprint density at radius 1 is 0.949 bits per heavy atom. The number of para-hydroxylation sites is 1. The first-order chi connectivity index (χ1) is 19.0. The zero-order valence-electron chi connectivity index (χ0n) is 22.3. The van der Waals surface area contributed by atoms with E-state index in [1.807, 2.05) is 77.2 Å². The minimum atomic E-state index is -0.319. The lowest BCUT2D eigenvalue weighted by Gasteiger charge is -2.31. The maximum Gasteiger partial charge on any atom is 0.318 e. The van der Waals surface area contributed by atoms with Gasteiger partial charge in [0.05, 0.1) is 36.8 Å². The fraction of sp³-hybridized carbons (Fsp3) is 0.188. The van der Waals surface area contributed by atoms with Crippen LogP contribution >= 0.6 is 0 Å². The van der Waals surface area contributed by atoms with Crippen LogP contribution < -0.4 is 10.1 Å². The number of hydrogen-bond acceptors (Lipinski definition) is 3. The van der Waals surface area contributed by atoms with Crippen LogP contribution in [0.3, 0.4) is 0 Å². The number of nitrogens with zero attached hydrogens (tertiary/aromatic N) is 4. The molecule has 39 heavy (non-hydrogen) atoms. The number of nitrogens with one attached hydrogen (secondary N) is 1. The van der Waals surface area contributed by atoms with Crippen molar-refractivity contribution in [1.29, 1.82) is 0 Å². The zero-order chi connectivity index (χ0) is 26.9.